The van der Waals surface area contributed by atoms with Crippen molar-refractivity contribution in [3.05, 3.63) is 59.2 Å². The third-order valence-corrected chi connectivity index (χ3v) is 5.79. The van der Waals surface area contributed by atoms with E-state index in [1.165, 1.54) is 11.8 Å². The first-order chi connectivity index (χ1) is 12.5. The highest BCUT2D eigenvalue weighted by atomic mass is 32.2. The summed E-state index contributed by atoms with van der Waals surface area (Å²) >= 11 is 1.53. The number of amides is 2. The number of nitrogens with one attached hydrogen (secondary N) is 1. The van der Waals surface area contributed by atoms with Crippen molar-refractivity contribution in [1.29, 1.82) is 0 Å². The third-order valence-electron chi connectivity index (χ3n) is 4.74. The van der Waals surface area contributed by atoms with Crippen LogP contribution in [0.5, 0.6) is 0 Å². The van der Waals surface area contributed by atoms with Crippen LogP contribution in [-0.4, -0.2) is 23.6 Å². The summed E-state index contributed by atoms with van der Waals surface area (Å²) in [4.78, 5) is 27.9. The van der Waals surface area contributed by atoms with Crippen molar-refractivity contribution in [1.82, 2.24) is 5.32 Å². The number of thioether (sulfide) groups is 1. The number of hydrogen-bond donors (Lipinski definition) is 1. The lowest BCUT2D eigenvalue weighted by Gasteiger charge is -2.30. The molecule has 4 nitrogen and oxygen atoms in total. The highest BCUT2D eigenvalue weighted by molar-refractivity contribution is 8.00. The summed E-state index contributed by atoms with van der Waals surface area (Å²) in [5.41, 5.74) is 3.69. The molecule has 1 heterocycles. The number of aryl methyl sites for hydroxylation is 1. The lowest BCUT2D eigenvalue weighted by atomic mass is 10.1. The van der Waals surface area contributed by atoms with Gasteiger partial charge in [0.1, 0.15) is 0 Å². The van der Waals surface area contributed by atoms with E-state index in [2.05, 4.69) is 18.3 Å². The molecular formula is C21H24N2O2S. The van der Waals surface area contributed by atoms with Gasteiger partial charge >= 0.3 is 0 Å². The fourth-order valence-corrected chi connectivity index (χ4v) is 3.80. The summed E-state index contributed by atoms with van der Waals surface area (Å²) in [6.45, 7) is 6.60. The van der Waals surface area contributed by atoms with Crippen molar-refractivity contribution in [3.8, 4) is 0 Å². The van der Waals surface area contributed by atoms with Crippen molar-refractivity contribution in [2.24, 2.45) is 0 Å². The third kappa shape index (κ3) is 3.93. The summed E-state index contributed by atoms with van der Waals surface area (Å²) in [7, 11) is 0. The van der Waals surface area contributed by atoms with Crippen molar-refractivity contribution in [3.63, 3.8) is 0 Å². The Balaban J connectivity index is 1.92. The molecule has 0 spiro atoms. The van der Waals surface area contributed by atoms with E-state index in [4.69, 9.17) is 0 Å². The molecule has 1 aliphatic rings. The predicted molar refractivity (Wildman–Crippen MR) is 107 cm³/mol. The van der Waals surface area contributed by atoms with E-state index in [0.717, 1.165) is 28.1 Å². The van der Waals surface area contributed by atoms with Gasteiger partial charge < -0.3 is 10.2 Å². The van der Waals surface area contributed by atoms with Gasteiger partial charge in [0.25, 0.3) is 5.91 Å². The molecule has 1 N–H and O–H groups in total. The number of anilines is 1. The molecule has 0 radical (unpaired) electrons. The molecule has 3 rings (SSSR count). The molecule has 2 aromatic carbocycles. The maximum atomic E-state index is 12.6. The molecule has 0 aromatic heterocycles. The molecule has 136 valence electrons. The first kappa shape index (κ1) is 18.5. The largest absolute Gasteiger partial charge is 0.350 e. The van der Waals surface area contributed by atoms with Gasteiger partial charge in [-0.3, -0.25) is 9.59 Å². The van der Waals surface area contributed by atoms with Crippen LogP contribution < -0.4 is 10.2 Å². The van der Waals surface area contributed by atoms with Crippen LogP contribution in [0.3, 0.4) is 0 Å². The van der Waals surface area contributed by atoms with E-state index in [-0.39, 0.29) is 17.9 Å². The molecule has 1 atom stereocenters. The number of carbonyl (C=O) groups excluding carboxylic acids is 2. The average Bonchev–Trinajstić information content (AvgIpc) is 2.65. The van der Waals surface area contributed by atoms with E-state index < -0.39 is 0 Å². The van der Waals surface area contributed by atoms with Crippen LogP contribution in [0, 0.1) is 6.92 Å². The zero-order chi connectivity index (χ0) is 18.7. The second-order valence-electron chi connectivity index (χ2n) is 6.66. The SMILES string of the molecule is CC[C@H](C)NC(=O)c1ccc2c(c1)N(Cc1ccccc1C)C(=O)CS2. The zero-order valence-corrected chi connectivity index (χ0v) is 16.2. The normalized spacial score (nSPS) is 14.7. The molecule has 5 heteroatoms. The van der Waals surface area contributed by atoms with E-state index in [9.17, 15) is 9.59 Å². The van der Waals surface area contributed by atoms with Crippen LogP contribution in [0.2, 0.25) is 0 Å². The minimum absolute atomic E-state index is 0.0743. The Bertz CT molecular complexity index is 835. The Morgan fingerprint density at radius 3 is 2.77 bits per heavy atom. The molecule has 0 bridgehead atoms. The minimum Gasteiger partial charge on any atom is -0.350 e. The lowest BCUT2D eigenvalue weighted by molar-refractivity contribution is -0.116. The van der Waals surface area contributed by atoms with Gasteiger partial charge in [0, 0.05) is 16.5 Å². The summed E-state index contributed by atoms with van der Waals surface area (Å²) in [5, 5.41) is 2.99. The first-order valence-electron chi connectivity index (χ1n) is 8.92. The molecule has 0 fully saturated rings. The van der Waals surface area contributed by atoms with Gasteiger partial charge in [-0.05, 0) is 49.6 Å². The van der Waals surface area contributed by atoms with Gasteiger partial charge in [-0.25, -0.2) is 0 Å². The highest BCUT2D eigenvalue weighted by Crippen LogP contribution is 2.37. The van der Waals surface area contributed by atoms with Crippen molar-refractivity contribution in [2.75, 3.05) is 10.7 Å². The van der Waals surface area contributed by atoms with E-state index in [0.29, 0.717) is 17.9 Å². The topological polar surface area (TPSA) is 49.4 Å². The molecule has 0 unspecified atom stereocenters. The number of hydrogen-bond acceptors (Lipinski definition) is 3. The van der Waals surface area contributed by atoms with Crippen LogP contribution in [0.1, 0.15) is 41.8 Å². The smallest absolute Gasteiger partial charge is 0.251 e. The van der Waals surface area contributed by atoms with Crippen LogP contribution >= 0.6 is 11.8 Å². The van der Waals surface area contributed by atoms with Crippen molar-refractivity contribution in [2.45, 2.75) is 44.7 Å². The number of fused-ring (bicyclic) bond motifs is 1. The Hall–Kier alpha value is -2.27. The predicted octanol–water partition coefficient (Wildman–Crippen LogP) is 4.16. The van der Waals surface area contributed by atoms with Gasteiger partial charge in [0.2, 0.25) is 5.91 Å². The van der Waals surface area contributed by atoms with Crippen LogP contribution in [0.4, 0.5) is 5.69 Å². The van der Waals surface area contributed by atoms with Crippen LogP contribution in [0.15, 0.2) is 47.4 Å². The quantitative estimate of drug-likeness (QED) is 0.862. The molecule has 0 saturated carbocycles. The number of nitrogens with zero attached hydrogens (tertiary/aromatic N) is 1. The fourth-order valence-electron chi connectivity index (χ4n) is 2.88. The summed E-state index contributed by atoms with van der Waals surface area (Å²) in [6, 6.07) is 13.8. The average molecular weight is 369 g/mol. The lowest BCUT2D eigenvalue weighted by Crippen LogP contribution is -2.36. The Morgan fingerprint density at radius 1 is 1.27 bits per heavy atom. The summed E-state index contributed by atoms with van der Waals surface area (Å²) in [5.74, 6) is 0.406. The Morgan fingerprint density at radius 2 is 2.04 bits per heavy atom. The highest BCUT2D eigenvalue weighted by Gasteiger charge is 2.26. The molecular weight excluding hydrogens is 344 g/mol. The van der Waals surface area contributed by atoms with E-state index in [1.54, 1.807) is 4.90 Å². The zero-order valence-electron chi connectivity index (χ0n) is 15.4. The summed E-state index contributed by atoms with van der Waals surface area (Å²) < 4.78 is 0. The Labute approximate surface area is 159 Å². The van der Waals surface area contributed by atoms with Gasteiger partial charge in [-0.1, -0.05) is 31.2 Å². The number of benzene rings is 2. The first-order valence-corrected chi connectivity index (χ1v) is 9.90. The molecule has 2 aromatic rings. The number of rotatable bonds is 5. The molecule has 1 aliphatic heterocycles. The second kappa shape index (κ2) is 7.96. The standard InChI is InChI=1S/C21H24N2O2S/c1-4-15(3)22-21(25)16-9-10-19-18(11-16)23(20(24)13-26-19)12-17-8-6-5-7-14(17)2/h5-11,15H,4,12-13H2,1-3H3,(H,22,25)/t15-/m0/s1. The van der Waals surface area contributed by atoms with Crippen LogP contribution in [0.25, 0.3) is 0 Å². The van der Waals surface area contributed by atoms with E-state index in [1.807, 2.05) is 50.2 Å². The second-order valence-corrected chi connectivity index (χ2v) is 7.68. The number of carbonyl (C=O) groups is 2. The molecule has 26 heavy (non-hydrogen) atoms. The monoisotopic (exact) mass is 368 g/mol. The molecule has 2 amide bonds. The summed E-state index contributed by atoms with van der Waals surface area (Å²) in [6.07, 6.45) is 0.879. The van der Waals surface area contributed by atoms with Crippen molar-refractivity contribution < 1.29 is 9.59 Å². The Kier molecular flexibility index (Phi) is 5.67. The molecule has 0 saturated heterocycles. The van der Waals surface area contributed by atoms with Gasteiger partial charge in [0.15, 0.2) is 0 Å². The fraction of sp³-hybridized carbons (Fsp3) is 0.333. The maximum absolute atomic E-state index is 12.6. The van der Waals surface area contributed by atoms with E-state index >= 15 is 0 Å². The van der Waals surface area contributed by atoms with Gasteiger partial charge in [0.05, 0.1) is 18.0 Å². The molecule has 0 aliphatic carbocycles. The minimum atomic E-state index is -0.0963. The van der Waals surface area contributed by atoms with Crippen molar-refractivity contribution >= 4 is 29.3 Å². The van der Waals surface area contributed by atoms with Gasteiger partial charge in [-0.2, -0.15) is 0 Å². The maximum Gasteiger partial charge on any atom is 0.251 e. The van der Waals surface area contributed by atoms with Crippen LogP contribution in [-0.2, 0) is 11.3 Å². The van der Waals surface area contributed by atoms with Gasteiger partial charge in [-0.15, -0.1) is 11.8 Å².